The molecule has 0 saturated heterocycles. The summed E-state index contributed by atoms with van der Waals surface area (Å²) in [5.74, 6) is 3.46. The molecular formula is C19H29NOS. The SMILES string of the molecule is Cc1ccccc1CSCCC(=O)N[C@@H]1CCC[C@H](C)[C@@H]1C. The van der Waals surface area contributed by atoms with Gasteiger partial charge in [0.05, 0.1) is 0 Å². The molecular weight excluding hydrogens is 290 g/mol. The number of nitrogens with one attached hydrogen (secondary N) is 1. The van der Waals surface area contributed by atoms with Crippen LogP contribution < -0.4 is 5.32 Å². The van der Waals surface area contributed by atoms with Crippen LogP contribution in [0.3, 0.4) is 0 Å². The average Bonchev–Trinajstić information content (AvgIpc) is 2.50. The summed E-state index contributed by atoms with van der Waals surface area (Å²) in [6.45, 7) is 6.73. The van der Waals surface area contributed by atoms with Gasteiger partial charge in [-0.05, 0) is 36.3 Å². The van der Waals surface area contributed by atoms with Crippen molar-refractivity contribution in [3.05, 3.63) is 35.4 Å². The quantitative estimate of drug-likeness (QED) is 0.779. The Morgan fingerprint density at radius 2 is 2.05 bits per heavy atom. The van der Waals surface area contributed by atoms with Gasteiger partial charge in [-0.2, -0.15) is 11.8 Å². The number of hydrogen-bond donors (Lipinski definition) is 1. The Morgan fingerprint density at radius 3 is 2.82 bits per heavy atom. The number of amides is 1. The summed E-state index contributed by atoms with van der Waals surface area (Å²) in [4.78, 5) is 12.1. The van der Waals surface area contributed by atoms with Crippen molar-refractivity contribution in [2.24, 2.45) is 11.8 Å². The van der Waals surface area contributed by atoms with E-state index in [0.717, 1.165) is 23.8 Å². The smallest absolute Gasteiger partial charge is 0.221 e. The maximum absolute atomic E-state index is 12.1. The van der Waals surface area contributed by atoms with Gasteiger partial charge in [-0.3, -0.25) is 4.79 Å². The molecule has 0 bridgehead atoms. The molecule has 22 heavy (non-hydrogen) atoms. The van der Waals surface area contributed by atoms with Gasteiger partial charge in [0, 0.05) is 24.0 Å². The fourth-order valence-corrected chi connectivity index (χ4v) is 4.20. The monoisotopic (exact) mass is 319 g/mol. The van der Waals surface area contributed by atoms with Crippen LogP contribution in [0.5, 0.6) is 0 Å². The first-order valence-electron chi connectivity index (χ1n) is 8.49. The molecule has 122 valence electrons. The summed E-state index contributed by atoms with van der Waals surface area (Å²) in [6, 6.07) is 8.87. The van der Waals surface area contributed by atoms with Crippen LogP contribution >= 0.6 is 11.8 Å². The van der Waals surface area contributed by atoms with Gasteiger partial charge < -0.3 is 5.32 Å². The van der Waals surface area contributed by atoms with Crippen LogP contribution in [-0.4, -0.2) is 17.7 Å². The van der Waals surface area contributed by atoms with Crippen molar-refractivity contribution >= 4 is 17.7 Å². The summed E-state index contributed by atoms with van der Waals surface area (Å²) in [6.07, 6.45) is 4.33. The van der Waals surface area contributed by atoms with Gasteiger partial charge in [0.25, 0.3) is 0 Å². The molecule has 1 aromatic rings. The van der Waals surface area contributed by atoms with Gasteiger partial charge in [0.15, 0.2) is 0 Å². The molecule has 3 atom stereocenters. The number of hydrogen-bond acceptors (Lipinski definition) is 2. The lowest BCUT2D eigenvalue weighted by molar-refractivity contribution is -0.122. The van der Waals surface area contributed by atoms with Crippen LogP contribution in [0.15, 0.2) is 24.3 Å². The molecule has 1 fully saturated rings. The van der Waals surface area contributed by atoms with E-state index in [1.165, 1.54) is 24.0 Å². The number of carbonyl (C=O) groups excluding carboxylic acids is 1. The van der Waals surface area contributed by atoms with Crippen molar-refractivity contribution in [2.45, 2.75) is 58.2 Å². The molecule has 0 radical (unpaired) electrons. The molecule has 1 N–H and O–H groups in total. The van der Waals surface area contributed by atoms with E-state index in [4.69, 9.17) is 0 Å². The van der Waals surface area contributed by atoms with E-state index in [2.05, 4.69) is 50.4 Å². The third kappa shape index (κ3) is 5.05. The zero-order valence-corrected chi connectivity index (χ0v) is 14.9. The van der Waals surface area contributed by atoms with Crippen LogP contribution in [0.1, 0.15) is 50.7 Å². The predicted octanol–water partition coefficient (Wildman–Crippen LogP) is 4.56. The molecule has 0 spiro atoms. The highest BCUT2D eigenvalue weighted by atomic mass is 32.2. The van der Waals surface area contributed by atoms with Crippen LogP contribution in [0, 0.1) is 18.8 Å². The Kier molecular flexibility index (Phi) is 6.81. The van der Waals surface area contributed by atoms with Crippen molar-refractivity contribution < 1.29 is 4.79 Å². The predicted molar refractivity (Wildman–Crippen MR) is 96.1 cm³/mol. The molecule has 0 unspecified atom stereocenters. The third-order valence-corrected chi connectivity index (χ3v) is 6.05. The third-order valence-electron chi connectivity index (χ3n) is 5.05. The Morgan fingerprint density at radius 1 is 1.27 bits per heavy atom. The van der Waals surface area contributed by atoms with Gasteiger partial charge in [-0.25, -0.2) is 0 Å². The molecule has 2 rings (SSSR count). The van der Waals surface area contributed by atoms with E-state index in [1.54, 1.807) is 0 Å². The summed E-state index contributed by atoms with van der Waals surface area (Å²) in [5.41, 5.74) is 2.71. The molecule has 1 amide bonds. The Hall–Kier alpha value is -0.960. The van der Waals surface area contributed by atoms with E-state index >= 15 is 0 Å². The van der Waals surface area contributed by atoms with E-state index in [9.17, 15) is 4.79 Å². The Labute approximate surface area is 139 Å². The number of thioether (sulfide) groups is 1. The molecule has 1 aromatic carbocycles. The minimum absolute atomic E-state index is 0.225. The molecule has 0 aromatic heterocycles. The molecule has 2 nitrogen and oxygen atoms in total. The van der Waals surface area contributed by atoms with Gasteiger partial charge >= 0.3 is 0 Å². The second-order valence-electron chi connectivity index (χ2n) is 6.67. The normalized spacial score (nSPS) is 25.0. The minimum atomic E-state index is 0.225. The average molecular weight is 320 g/mol. The standard InChI is InChI=1S/C19H29NOS/c1-14-8-6-10-18(16(14)3)20-19(21)11-12-22-13-17-9-5-4-7-15(17)2/h4-5,7,9,14,16,18H,6,8,10-13H2,1-3H3,(H,20,21)/t14-,16-,18+/m0/s1. The Bertz CT molecular complexity index is 488. The number of aryl methyl sites for hydroxylation is 1. The molecule has 1 saturated carbocycles. The highest BCUT2D eigenvalue weighted by Crippen LogP contribution is 2.29. The fraction of sp³-hybridized carbons (Fsp3) is 0.632. The van der Waals surface area contributed by atoms with E-state index in [-0.39, 0.29) is 5.91 Å². The molecule has 1 aliphatic rings. The van der Waals surface area contributed by atoms with Crippen LogP contribution in [-0.2, 0) is 10.5 Å². The highest BCUT2D eigenvalue weighted by Gasteiger charge is 2.27. The lowest BCUT2D eigenvalue weighted by Crippen LogP contribution is -2.43. The summed E-state index contributed by atoms with van der Waals surface area (Å²) >= 11 is 1.85. The fourth-order valence-electron chi connectivity index (χ4n) is 3.18. The topological polar surface area (TPSA) is 29.1 Å². The molecule has 0 heterocycles. The maximum Gasteiger partial charge on any atom is 0.221 e. The minimum Gasteiger partial charge on any atom is -0.353 e. The molecule has 3 heteroatoms. The number of benzene rings is 1. The second-order valence-corrected chi connectivity index (χ2v) is 7.78. The Balaban J connectivity index is 1.67. The van der Waals surface area contributed by atoms with E-state index in [0.29, 0.717) is 18.4 Å². The van der Waals surface area contributed by atoms with Crippen molar-refractivity contribution in [1.29, 1.82) is 0 Å². The number of carbonyl (C=O) groups is 1. The van der Waals surface area contributed by atoms with Gasteiger partial charge in [-0.15, -0.1) is 0 Å². The van der Waals surface area contributed by atoms with E-state index < -0.39 is 0 Å². The maximum atomic E-state index is 12.1. The van der Waals surface area contributed by atoms with Crippen molar-refractivity contribution in [3.8, 4) is 0 Å². The van der Waals surface area contributed by atoms with Gasteiger partial charge in [0.1, 0.15) is 0 Å². The van der Waals surface area contributed by atoms with Gasteiger partial charge in [0.2, 0.25) is 5.91 Å². The van der Waals surface area contributed by atoms with Crippen LogP contribution in [0.4, 0.5) is 0 Å². The van der Waals surface area contributed by atoms with Crippen molar-refractivity contribution in [3.63, 3.8) is 0 Å². The molecule has 1 aliphatic carbocycles. The number of rotatable bonds is 6. The first kappa shape index (κ1) is 17.4. The van der Waals surface area contributed by atoms with Crippen LogP contribution in [0.2, 0.25) is 0 Å². The van der Waals surface area contributed by atoms with Gasteiger partial charge in [-0.1, -0.05) is 51.0 Å². The summed E-state index contributed by atoms with van der Waals surface area (Å²) in [7, 11) is 0. The first-order chi connectivity index (χ1) is 10.6. The lowest BCUT2D eigenvalue weighted by atomic mass is 9.78. The molecule has 0 aliphatic heterocycles. The van der Waals surface area contributed by atoms with Crippen molar-refractivity contribution in [2.75, 3.05) is 5.75 Å². The largest absolute Gasteiger partial charge is 0.353 e. The summed E-state index contributed by atoms with van der Waals surface area (Å²) in [5, 5.41) is 3.26. The van der Waals surface area contributed by atoms with Crippen LogP contribution in [0.25, 0.3) is 0 Å². The highest BCUT2D eigenvalue weighted by molar-refractivity contribution is 7.98. The zero-order valence-electron chi connectivity index (χ0n) is 14.1. The van der Waals surface area contributed by atoms with Crippen molar-refractivity contribution in [1.82, 2.24) is 5.32 Å². The summed E-state index contributed by atoms with van der Waals surface area (Å²) < 4.78 is 0. The van der Waals surface area contributed by atoms with E-state index in [1.807, 2.05) is 11.8 Å². The lowest BCUT2D eigenvalue weighted by Gasteiger charge is -2.34. The first-order valence-corrected chi connectivity index (χ1v) is 9.65. The second kappa shape index (κ2) is 8.61. The zero-order chi connectivity index (χ0) is 15.9.